The molecule has 1 aromatic heterocycles. The van der Waals surface area contributed by atoms with E-state index < -0.39 is 11.8 Å². The first-order valence-electron chi connectivity index (χ1n) is 8.04. The third-order valence-electron chi connectivity index (χ3n) is 4.24. The van der Waals surface area contributed by atoms with E-state index in [4.69, 9.17) is 5.11 Å². The van der Waals surface area contributed by atoms with Crippen molar-refractivity contribution >= 4 is 23.4 Å². The van der Waals surface area contributed by atoms with Crippen molar-refractivity contribution in [2.24, 2.45) is 5.92 Å². The number of nitrogens with one attached hydrogen (secondary N) is 1. The molecule has 1 aliphatic rings. The molecule has 7 heteroatoms. The second-order valence-electron chi connectivity index (χ2n) is 5.95. The summed E-state index contributed by atoms with van der Waals surface area (Å²) in [5.74, 6) is -1.15. The lowest BCUT2D eigenvalue weighted by atomic mass is 9.95. The molecule has 25 heavy (non-hydrogen) atoms. The zero-order chi connectivity index (χ0) is 17.8. The lowest BCUT2D eigenvalue weighted by Crippen LogP contribution is -2.38. The molecule has 0 atom stereocenters. The van der Waals surface area contributed by atoms with Crippen LogP contribution in [0.5, 0.6) is 0 Å². The minimum Gasteiger partial charge on any atom is -0.477 e. The minimum absolute atomic E-state index is 0.00321. The van der Waals surface area contributed by atoms with Crippen LogP contribution in [0.2, 0.25) is 0 Å². The zero-order valence-corrected chi connectivity index (χ0v) is 13.5. The second-order valence-corrected chi connectivity index (χ2v) is 5.95. The average molecular weight is 343 g/mol. The number of benzene rings is 1. The van der Waals surface area contributed by atoms with E-state index >= 15 is 0 Å². The number of hydrogen-bond acceptors (Lipinski definition) is 4. The van der Waals surface area contributed by atoms with Crippen molar-refractivity contribution in [2.45, 2.75) is 12.8 Å². The lowest BCUT2D eigenvalue weighted by molar-refractivity contribution is -0.120. The van der Waals surface area contributed by atoms with Crippen LogP contribution in [0.25, 0.3) is 0 Å². The summed E-state index contributed by atoms with van der Waals surface area (Å²) in [6.07, 6.45) is 1.25. The van der Waals surface area contributed by atoms with Gasteiger partial charge in [-0.3, -0.25) is 4.79 Å². The van der Waals surface area contributed by atoms with E-state index in [1.165, 1.54) is 18.2 Å². The molecule has 1 saturated heterocycles. The van der Waals surface area contributed by atoms with E-state index in [0.29, 0.717) is 37.4 Å². The number of carbonyl (C=O) groups excluding carboxylic acids is 1. The summed E-state index contributed by atoms with van der Waals surface area (Å²) in [5.41, 5.74) is 0.451. The third-order valence-corrected chi connectivity index (χ3v) is 4.24. The lowest BCUT2D eigenvalue weighted by Gasteiger charge is -2.32. The van der Waals surface area contributed by atoms with E-state index in [1.807, 2.05) is 4.90 Å². The van der Waals surface area contributed by atoms with Gasteiger partial charge in [-0.2, -0.15) is 0 Å². The van der Waals surface area contributed by atoms with Crippen LogP contribution < -0.4 is 10.2 Å². The quantitative estimate of drug-likeness (QED) is 0.892. The van der Waals surface area contributed by atoms with Gasteiger partial charge in [0.25, 0.3) is 0 Å². The van der Waals surface area contributed by atoms with Gasteiger partial charge in [0.15, 0.2) is 5.69 Å². The fraction of sp³-hybridized carbons (Fsp3) is 0.278. The molecule has 0 aliphatic carbocycles. The Hall–Kier alpha value is -2.96. The Morgan fingerprint density at radius 3 is 2.56 bits per heavy atom. The van der Waals surface area contributed by atoms with E-state index in [-0.39, 0.29) is 17.5 Å². The first kappa shape index (κ1) is 16.9. The largest absolute Gasteiger partial charge is 0.477 e. The Morgan fingerprint density at radius 2 is 1.88 bits per heavy atom. The molecular weight excluding hydrogens is 325 g/mol. The van der Waals surface area contributed by atoms with Gasteiger partial charge < -0.3 is 15.3 Å². The van der Waals surface area contributed by atoms with Crippen molar-refractivity contribution in [2.75, 3.05) is 23.3 Å². The maximum absolute atomic E-state index is 13.2. The van der Waals surface area contributed by atoms with E-state index in [2.05, 4.69) is 10.3 Å². The normalized spacial score (nSPS) is 15.0. The maximum atomic E-state index is 13.2. The fourth-order valence-corrected chi connectivity index (χ4v) is 2.90. The number of piperidine rings is 1. The van der Waals surface area contributed by atoms with Crippen molar-refractivity contribution in [3.63, 3.8) is 0 Å². The molecule has 2 heterocycles. The zero-order valence-electron chi connectivity index (χ0n) is 13.5. The Balaban J connectivity index is 1.59. The summed E-state index contributed by atoms with van der Waals surface area (Å²) in [5, 5.41) is 11.8. The molecule has 0 unspecified atom stereocenters. The highest BCUT2D eigenvalue weighted by Gasteiger charge is 2.26. The molecule has 0 saturated carbocycles. The SMILES string of the molecule is O=C(O)c1cccc(N2CCC(C(=O)Nc3cccc(F)c3)CC2)n1. The van der Waals surface area contributed by atoms with Gasteiger partial charge >= 0.3 is 5.97 Å². The number of amides is 1. The van der Waals surface area contributed by atoms with Gasteiger partial charge in [-0.1, -0.05) is 12.1 Å². The summed E-state index contributed by atoms with van der Waals surface area (Å²) in [4.78, 5) is 29.4. The van der Waals surface area contributed by atoms with E-state index in [1.54, 1.807) is 24.3 Å². The Bertz CT molecular complexity index is 789. The highest BCUT2D eigenvalue weighted by atomic mass is 19.1. The number of aromatic carboxylic acids is 1. The number of aromatic nitrogens is 1. The highest BCUT2D eigenvalue weighted by Crippen LogP contribution is 2.23. The van der Waals surface area contributed by atoms with Gasteiger partial charge in [-0.05, 0) is 43.2 Å². The summed E-state index contributed by atoms with van der Waals surface area (Å²) in [7, 11) is 0. The first-order chi connectivity index (χ1) is 12.0. The summed E-state index contributed by atoms with van der Waals surface area (Å²) in [6.45, 7) is 1.22. The molecule has 1 aromatic carbocycles. The average Bonchev–Trinajstić information content (AvgIpc) is 2.62. The van der Waals surface area contributed by atoms with Crippen molar-refractivity contribution in [3.05, 3.63) is 54.0 Å². The molecule has 0 radical (unpaired) electrons. The number of anilines is 2. The van der Waals surface area contributed by atoms with Gasteiger partial charge in [0, 0.05) is 24.7 Å². The fourth-order valence-electron chi connectivity index (χ4n) is 2.90. The van der Waals surface area contributed by atoms with Gasteiger partial charge in [-0.15, -0.1) is 0 Å². The van der Waals surface area contributed by atoms with Crippen LogP contribution >= 0.6 is 0 Å². The van der Waals surface area contributed by atoms with Gasteiger partial charge in [0.1, 0.15) is 11.6 Å². The van der Waals surface area contributed by atoms with Crippen LogP contribution in [-0.2, 0) is 4.79 Å². The van der Waals surface area contributed by atoms with Gasteiger partial charge in [0.2, 0.25) is 5.91 Å². The number of hydrogen-bond donors (Lipinski definition) is 2. The maximum Gasteiger partial charge on any atom is 0.354 e. The predicted octanol–water partition coefficient (Wildman–Crippen LogP) is 2.77. The number of halogens is 1. The van der Waals surface area contributed by atoms with Crippen LogP contribution in [0.4, 0.5) is 15.9 Å². The topological polar surface area (TPSA) is 82.5 Å². The number of carboxylic acid groups (broad SMARTS) is 1. The van der Waals surface area contributed by atoms with Crippen LogP contribution in [0.15, 0.2) is 42.5 Å². The summed E-state index contributed by atoms with van der Waals surface area (Å²) >= 11 is 0. The molecule has 2 aromatic rings. The molecule has 1 amide bonds. The van der Waals surface area contributed by atoms with Crippen molar-refractivity contribution in [1.29, 1.82) is 0 Å². The predicted molar refractivity (Wildman–Crippen MR) is 91.2 cm³/mol. The molecule has 3 rings (SSSR count). The molecule has 2 N–H and O–H groups in total. The number of pyridine rings is 1. The van der Waals surface area contributed by atoms with Crippen LogP contribution in [0.3, 0.4) is 0 Å². The van der Waals surface area contributed by atoms with Crippen molar-refractivity contribution in [1.82, 2.24) is 4.98 Å². The highest BCUT2D eigenvalue weighted by molar-refractivity contribution is 5.92. The monoisotopic (exact) mass is 343 g/mol. The van der Waals surface area contributed by atoms with Crippen LogP contribution in [0, 0.1) is 11.7 Å². The minimum atomic E-state index is -1.06. The molecule has 0 spiro atoms. The summed E-state index contributed by atoms with van der Waals surface area (Å²) < 4.78 is 13.2. The van der Waals surface area contributed by atoms with E-state index in [9.17, 15) is 14.0 Å². The molecule has 6 nitrogen and oxygen atoms in total. The Morgan fingerprint density at radius 1 is 1.16 bits per heavy atom. The third kappa shape index (κ3) is 4.12. The molecular formula is C18H18FN3O3. The Labute approximate surface area is 144 Å². The molecule has 1 aliphatic heterocycles. The van der Waals surface area contributed by atoms with Gasteiger partial charge in [-0.25, -0.2) is 14.2 Å². The number of carboxylic acids is 1. The molecule has 130 valence electrons. The summed E-state index contributed by atoms with van der Waals surface area (Å²) in [6, 6.07) is 10.7. The van der Waals surface area contributed by atoms with Gasteiger partial charge in [0.05, 0.1) is 0 Å². The standard InChI is InChI=1S/C18H18FN3O3/c19-13-3-1-4-14(11-13)20-17(23)12-7-9-22(10-8-12)16-6-2-5-15(21-16)18(24)25/h1-6,11-12H,7-10H2,(H,20,23)(H,24,25). The van der Waals surface area contributed by atoms with E-state index in [0.717, 1.165) is 0 Å². The van der Waals surface area contributed by atoms with Crippen molar-refractivity contribution in [3.8, 4) is 0 Å². The number of rotatable bonds is 4. The Kier molecular flexibility index (Phi) is 4.92. The van der Waals surface area contributed by atoms with Crippen LogP contribution in [-0.4, -0.2) is 35.1 Å². The smallest absolute Gasteiger partial charge is 0.354 e. The van der Waals surface area contributed by atoms with Crippen LogP contribution in [0.1, 0.15) is 23.3 Å². The number of nitrogens with zero attached hydrogens (tertiary/aromatic N) is 2. The molecule has 0 bridgehead atoms. The number of carbonyl (C=O) groups is 2. The first-order valence-corrected chi connectivity index (χ1v) is 8.04. The second kappa shape index (κ2) is 7.29. The van der Waals surface area contributed by atoms with Crippen molar-refractivity contribution < 1.29 is 19.1 Å². The molecule has 1 fully saturated rings.